The van der Waals surface area contributed by atoms with Crippen LogP contribution in [0.4, 0.5) is 16.0 Å². The van der Waals surface area contributed by atoms with Crippen LogP contribution >= 0.6 is 0 Å². The number of halogens is 1. The molecule has 6 rings (SSSR count). The van der Waals surface area contributed by atoms with Crippen molar-refractivity contribution in [3.8, 4) is 16.9 Å². The lowest BCUT2D eigenvalue weighted by atomic mass is 9.99. The van der Waals surface area contributed by atoms with E-state index in [1.165, 1.54) is 37.3 Å². The average Bonchev–Trinajstić information content (AvgIpc) is 3.67. The summed E-state index contributed by atoms with van der Waals surface area (Å²) in [5, 5.41) is 0. The zero-order valence-corrected chi connectivity index (χ0v) is 16.1. The molecule has 2 aromatic carbocycles. The number of rotatable bonds is 5. The Morgan fingerprint density at radius 2 is 1.86 bits per heavy atom. The van der Waals surface area contributed by atoms with Crippen molar-refractivity contribution < 1.29 is 9.13 Å². The largest absolute Gasteiger partial charge is 0.493 e. The molecule has 3 aliphatic rings. The summed E-state index contributed by atoms with van der Waals surface area (Å²) < 4.78 is 20.1. The number of aromatic nitrogens is 2. The maximum absolute atomic E-state index is 14.1. The first-order valence-corrected chi connectivity index (χ1v) is 10.3. The van der Waals surface area contributed by atoms with Gasteiger partial charge in [-0.25, -0.2) is 14.4 Å². The van der Waals surface area contributed by atoms with Gasteiger partial charge in [-0.05, 0) is 49.3 Å². The lowest BCUT2D eigenvalue weighted by Crippen LogP contribution is -2.21. The fraction of sp³-hybridized carbons (Fsp3) is 0.333. The highest BCUT2D eigenvalue weighted by molar-refractivity contribution is 5.73. The van der Waals surface area contributed by atoms with E-state index in [1.807, 2.05) is 6.07 Å². The van der Waals surface area contributed by atoms with Crippen molar-refractivity contribution in [2.75, 3.05) is 18.1 Å². The van der Waals surface area contributed by atoms with Crippen molar-refractivity contribution in [3.63, 3.8) is 0 Å². The third-order valence-electron chi connectivity index (χ3n) is 6.39. The third-order valence-corrected chi connectivity index (χ3v) is 6.39. The van der Waals surface area contributed by atoms with Crippen molar-refractivity contribution in [3.05, 3.63) is 66.2 Å². The van der Waals surface area contributed by atoms with E-state index in [0.29, 0.717) is 17.1 Å². The summed E-state index contributed by atoms with van der Waals surface area (Å²) in [6, 6.07) is 13.2. The van der Waals surface area contributed by atoms with E-state index >= 15 is 0 Å². The van der Waals surface area contributed by atoms with E-state index in [2.05, 4.69) is 33.1 Å². The van der Waals surface area contributed by atoms with Crippen LogP contribution in [0.25, 0.3) is 11.1 Å². The molecule has 1 aromatic heterocycles. The summed E-state index contributed by atoms with van der Waals surface area (Å²) in [6.45, 7) is 1.70. The number of fused-ring (bicyclic) bond motifs is 2. The van der Waals surface area contributed by atoms with Crippen LogP contribution in [-0.2, 0) is 5.41 Å². The van der Waals surface area contributed by atoms with E-state index < -0.39 is 0 Å². The van der Waals surface area contributed by atoms with Gasteiger partial charge in [0, 0.05) is 41.5 Å². The van der Waals surface area contributed by atoms with E-state index in [0.717, 1.165) is 30.5 Å². The van der Waals surface area contributed by atoms with E-state index in [-0.39, 0.29) is 11.2 Å². The molecular formula is C24H22FN3O. The molecule has 2 fully saturated rings. The van der Waals surface area contributed by atoms with Crippen LogP contribution in [0.5, 0.6) is 5.75 Å². The Labute approximate surface area is 169 Å². The van der Waals surface area contributed by atoms with Crippen LogP contribution in [0.15, 0.2) is 54.9 Å². The molecule has 0 amide bonds. The second-order valence-corrected chi connectivity index (χ2v) is 8.55. The fourth-order valence-electron chi connectivity index (χ4n) is 4.30. The van der Waals surface area contributed by atoms with Gasteiger partial charge in [0.15, 0.2) is 0 Å². The summed E-state index contributed by atoms with van der Waals surface area (Å²) in [5.41, 5.74) is 3.97. The molecule has 0 bridgehead atoms. The smallest absolute Gasteiger partial charge is 0.229 e. The summed E-state index contributed by atoms with van der Waals surface area (Å²) in [4.78, 5) is 11.4. The monoisotopic (exact) mass is 387 g/mol. The predicted molar refractivity (Wildman–Crippen MR) is 110 cm³/mol. The van der Waals surface area contributed by atoms with Gasteiger partial charge in [-0.15, -0.1) is 0 Å². The molecule has 0 unspecified atom stereocenters. The molecule has 4 nitrogen and oxygen atoms in total. The minimum Gasteiger partial charge on any atom is -0.493 e. The van der Waals surface area contributed by atoms with Crippen LogP contribution in [0.3, 0.4) is 0 Å². The molecular weight excluding hydrogens is 365 g/mol. The summed E-state index contributed by atoms with van der Waals surface area (Å²) in [5.74, 6) is 2.05. The van der Waals surface area contributed by atoms with Gasteiger partial charge in [0.05, 0.1) is 12.3 Å². The lowest BCUT2D eigenvalue weighted by Gasteiger charge is -2.18. The molecule has 1 aliphatic heterocycles. The minimum atomic E-state index is -0.259. The molecule has 5 heteroatoms. The first-order valence-electron chi connectivity index (χ1n) is 10.3. The van der Waals surface area contributed by atoms with Gasteiger partial charge in [0.1, 0.15) is 11.6 Å². The average molecular weight is 387 g/mol. The van der Waals surface area contributed by atoms with Gasteiger partial charge in [-0.3, -0.25) is 0 Å². The van der Waals surface area contributed by atoms with Gasteiger partial charge < -0.3 is 9.64 Å². The van der Waals surface area contributed by atoms with Crippen LogP contribution in [0.1, 0.15) is 31.2 Å². The molecule has 0 N–H and O–H groups in total. The molecule has 0 saturated heterocycles. The van der Waals surface area contributed by atoms with Crippen LogP contribution in [0, 0.1) is 11.7 Å². The molecule has 2 aliphatic carbocycles. The first-order chi connectivity index (χ1) is 14.2. The van der Waals surface area contributed by atoms with Crippen LogP contribution in [0.2, 0.25) is 0 Å². The Balaban J connectivity index is 1.32. The summed E-state index contributed by atoms with van der Waals surface area (Å²) in [6.07, 6.45) is 8.39. The van der Waals surface area contributed by atoms with Crippen molar-refractivity contribution in [1.29, 1.82) is 0 Å². The molecule has 0 atom stereocenters. The van der Waals surface area contributed by atoms with Crippen molar-refractivity contribution in [2.24, 2.45) is 5.92 Å². The van der Waals surface area contributed by atoms with Crippen molar-refractivity contribution in [1.82, 2.24) is 9.97 Å². The Hall–Kier alpha value is -2.95. The summed E-state index contributed by atoms with van der Waals surface area (Å²) in [7, 11) is 0. The number of ether oxygens (including phenoxy) is 1. The SMILES string of the molecule is Fc1ccccc1-c1cnc(N2CC3(CC3)c3ccc(OCC4CC4)cc32)nc1. The van der Waals surface area contributed by atoms with Crippen molar-refractivity contribution >= 4 is 11.6 Å². The maximum Gasteiger partial charge on any atom is 0.229 e. The minimum absolute atomic E-state index is 0.234. The Morgan fingerprint density at radius 1 is 1.07 bits per heavy atom. The molecule has 2 heterocycles. The number of hydrogen-bond donors (Lipinski definition) is 0. The molecule has 146 valence electrons. The van der Waals surface area contributed by atoms with Gasteiger partial charge in [-0.1, -0.05) is 24.3 Å². The van der Waals surface area contributed by atoms with Gasteiger partial charge in [0.25, 0.3) is 0 Å². The Kier molecular flexibility index (Phi) is 3.67. The lowest BCUT2D eigenvalue weighted by molar-refractivity contribution is 0.300. The quantitative estimate of drug-likeness (QED) is 0.599. The van der Waals surface area contributed by atoms with Gasteiger partial charge in [-0.2, -0.15) is 0 Å². The number of hydrogen-bond acceptors (Lipinski definition) is 4. The topological polar surface area (TPSA) is 38.2 Å². The first kappa shape index (κ1) is 17.0. The normalized spacial score (nSPS) is 18.7. The standard InChI is InChI=1S/C24H22FN3O/c25-21-4-2-1-3-19(21)17-12-26-23(27-13-17)28-15-24(9-10-24)20-8-7-18(11-22(20)28)29-14-16-5-6-16/h1-4,7-8,11-13,16H,5-6,9-10,14-15H2. The Morgan fingerprint density at radius 3 is 2.59 bits per heavy atom. The van der Waals surface area contributed by atoms with Gasteiger partial charge in [0.2, 0.25) is 5.95 Å². The third kappa shape index (κ3) is 2.96. The Bertz CT molecular complexity index is 1070. The molecule has 1 spiro atoms. The van der Waals surface area contributed by atoms with E-state index in [9.17, 15) is 4.39 Å². The molecule has 2 saturated carbocycles. The van der Waals surface area contributed by atoms with E-state index in [4.69, 9.17) is 4.74 Å². The second-order valence-electron chi connectivity index (χ2n) is 8.55. The molecule has 3 aromatic rings. The zero-order chi connectivity index (χ0) is 19.4. The van der Waals surface area contributed by atoms with Crippen molar-refractivity contribution in [2.45, 2.75) is 31.1 Å². The zero-order valence-electron chi connectivity index (χ0n) is 16.1. The molecule has 29 heavy (non-hydrogen) atoms. The van der Waals surface area contributed by atoms with E-state index in [1.54, 1.807) is 24.5 Å². The number of nitrogens with zero attached hydrogens (tertiary/aromatic N) is 3. The highest BCUT2D eigenvalue weighted by atomic mass is 19.1. The highest BCUT2D eigenvalue weighted by Crippen LogP contribution is 2.58. The second kappa shape index (κ2) is 6.28. The number of benzene rings is 2. The predicted octanol–water partition coefficient (Wildman–Crippen LogP) is 5.25. The van der Waals surface area contributed by atoms with Gasteiger partial charge >= 0.3 is 0 Å². The fourth-order valence-corrected chi connectivity index (χ4v) is 4.30. The van der Waals surface area contributed by atoms with Crippen LogP contribution < -0.4 is 9.64 Å². The molecule has 0 radical (unpaired) electrons. The highest BCUT2D eigenvalue weighted by Gasteiger charge is 2.52. The maximum atomic E-state index is 14.1. The van der Waals surface area contributed by atoms with Crippen LogP contribution in [-0.4, -0.2) is 23.1 Å². The number of anilines is 2. The summed E-state index contributed by atoms with van der Waals surface area (Å²) >= 11 is 0.